The molecule has 1 aliphatic heterocycles. The van der Waals surface area contributed by atoms with Crippen molar-refractivity contribution in [3.05, 3.63) is 0 Å². The van der Waals surface area contributed by atoms with Gasteiger partial charge in [0.25, 0.3) is 0 Å². The summed E-state index contributed by atoms with van der Waals surface area (Å²) in [6, 6.07) is 0. The molecule has 0 aromatic heterocycles. The highest BCUT2D eigenvalue weighted by Gasteiger charge is 2.33. The predicted molar refractivity (Wildman–Crippen MR) is 46.6 cm³/mol. The molecule has 0 aromatic rings. The zero-order valence-corrected chi connectivity index (χ0v) is 7.80. The quantitative estimate of drug-likeness (QED) is 0.253. The molecule has 1 saturated heterocycles. The van der Waals surface area contributed by atoms with Crippen LogP contribution in [0.5, 0.6) is 0 Å². The van der Waals surface area contributed by atoms with Crippen LogP contribution in [0.15, 0.2) is 5.16 Å². The number of nitrogens with two attached hydrogens (primary N) is 1. The Labute approximate surface area is 76.9 Å². The summed E-state index contributed by atoms with van der Waals surface area (Å²) in [7, 11) is 3.24. The number of ether oxygens (including phenoxy) is 2. The van der Waals surface area contributed by atoms with Gasteiger partial charge in [-0.1, -0.05) is 5.16 Å². The van der Waals surface area contributed by atoms with E-state index in [0.717, 1.165) is 0 Å². The van der Waals surface area contributed by atoms with Crippen LogP contribution < -0.4 is 5.73 Å². The number of oxime groups is 1. The monoisotopic (exact) mass is 189 g/mol. The van der Waals surface area contributed by atoms with E-state index in [4.69, 9.17) is 20.4 Å². The molecule has 76 valence electrons. The van der Waals surface area contributed by atoms with Gasteiger partial charge >= 0.3 is 0 Å². The molecule has 1 rings (SSSR count). The standard InChI is InChI=1S/C7H15N3O3/c1-12-5-3-10(7(8)9-11)4-6(5)13-2/h5-6,11H,3-4H2,1-2H3,(H2,8,9). The molecule has 1 aliphatic rings. The van der Waals surface area contributed by atoms with Crippen molar-refractivity contribution in [1.82, 2.24) is 4.90 Å². The lowest BCUT2D eigenvalue weighted by Crippen LogP contribution is -2.36. The van der Waals surface area contributed by atoms with Crippen LogP contribution in [0.4, 0.5) is 0 Å². The van der Waals surface area contributed by atoms with Crippen LogP contribution in [0, 0.1) is 0 Å². The van der Waals surface area contributed by atoms with Crippen molar-refractivity contribution in [2.75, 3.05) is 27.3 Å². The molecule has 0 aliphatic carbocycles. The van der Waals surface area contributed by atoms with Crippen LogP contribution in [0.25, 0.3) is 0 Å². The molecule has 6 heteroatoms. The molecule has 2 atom stereocenters. The van der Waals surface area contributed by atoms with E-state index in [0.29, 0.717) is 13.1 Å². The fourth-order valence-electron chi connectivity index (χ4n) is 1.45. The molecule has 1 fully saturated rings. The molecular weight excluding hydrogens is 174 g/mol. The molecule has 6 nitrogen and oxygen atoms in total. The van der Waals surface area contributed by atoms with Crippen LogP contribution in [0.3, 0.4) is 0 Å². The topological polar surface area (TPSA) is 80.3 Å². The molecule has 0 amide bonds. The number of rotatable bonds is 2. The summed E-state index contributed by atoms with van der Waals surface area (Å²) in [6.07, 6.45) is -0.0457. The second-order valence-electron chi connectivity index (χ2n) is 2.91. The Balaban J connectivity index is 2.57. The van der Waals surface area contributed by atoms with Gasteiger partial charge in [-0.25, -0.2) is 0 Å². The van der Waals surface area contributed by atoms with Crippen LogP contribution in [0.2, 0.25) is 0 Å². The van der Waals surface area contributed by atoms with Crippen molar-refractivity contribution in [3.8, 4) is 0 Å². The van der Waals surface area contributed by atoms with Crippen LogP contribution >= 0.6 is 0 Å². The molecule has 0 aromatic carbocycles. The van der Waals surface area contributed by atoms with Gasteiger partial charge in [0.05, 0.1) is 0 Å². The molecule has 0 spiro atoms. The van der Waals surface area contributed by atoms with Crippen molar-refractivity contribution in [2.45, 2.75) is 12.2 Å². The highest BCUT2D eigenvalue weighted by molar-refractivity contribution is 5.77. The fraction of sp³-hybridized carbons (Fsp3) is 0.857. The van der Waals surface area contributed by atoms with E-state index in [1.165, 1.54) is 0 Å². The van der Waals surface area contributed by atoms with Crippen LogP contribution in [-0.4, -0.2) is 55.6 Å². The Kier molecular flexibility index (Phi) is 3.32. The van der Waals surface area contributed by atoms with E-state index in [2.05, 4.69) is 5.16 Å². The van der Waals surface area contributed by atoms with Gasteiger partial charge in [-0.3, -0.25) is 0 Å². The lowest BCUT2D eigenvalue weighted by Gasteiger charge is -2.14. The van der Waals surface area contributed by atoms with E-state index in [1.54, 1.807) is 19.1 Å². The van der Waals surface area contributed by atoms with E-state index < -0.39 is 0 Å². The number of hydrogen-bond acceptors (Lipinski definition) is 4. The third-order valence-electron chi connectivity index (χ3n) is 2.25. The molecule has 2 unspecified atom stereocenters. The highest BCUT2D eigenvalue weighted by Crippen LogP contribution is 2.14. The van der Waals surface area contributed by atoms with Crippen molar-refractivity contribution in [3.63, 3.8) is 0 Å². The number of methoxy groups -OCH3 is 2. The van der Waals surface area contributed by atoms with Gasteiger partial charge in [0, 0.05) is 27.3 Å². The summed E-state index contributed by atoms with van der Waals surface area (Å²) in [5.41, 5.74) is 5.43. The largest absolute Gasteiger partial charge is 0.408 e. The van der Waals surface area contributed by atoms with Crippen molar-refractivity contribution < 1.29 is 14.7 Å². The third kappa shape index (κ3) is 2.02. The Bertz CT molecular complexity index is 185. The Morgan fingerprint density at radius 2 is 1.85 bits per heavy atom. The van der Waals surface area contributed by atoms with Gasteiger partial charge in [-0.2, -0.15) is 0 Å². The maximum absolute atomic E-state index is 8.45. The Morgan fingerprint density at radius 1 is 1.38 bits per heavy atom. The van der Waals surface area contributed by atoms with E-state index in [-0.39, 0.29) is 18.2 Å². The molecule has 0 saturated carbocycles. The van der Waals surface area contributed by atoms with Crippen molar-refractivity contribution in [2.24, 2.45) is 10.9 Å². The first-order chi connectivity index (χ1) is 6.22. The molecule has 1 heterocycles. The summed E-state index contributed by atoms with van der Waals surface area (Å²) in [5, 5.41) is 11.4. The number of hydrogen-bond donors (Lipinski definition) is 2. The first kappa shape index (κ1) is 10.1. The van der Waals surface area contributed by atoms with E-state index >= 15 is 0 Å². The first-order valence-electron chi connectivity index (χ1n) is 4.01. The normalized spacial score (nSPS) is 29.7. The van der Waals surface area contributed by atoms with Crippen LogP contribution in [0.1, 0.15) is 0 Å². The maximum Gasteiger partial charge on any atom is 0.233 e. The van der Waals surface area contributed by atoms with Gasteiger partial charge in [0.15, 0.2) is 0 Å². The Morgan fingerprint density at radius 3 is 2.15 bits per heavy atom. The summed E-state index contributed by atoms with van der Waals surface area (Å²) < 4.78 is 10.4. The zero-order valence-electron chi connectivity index (χ0n) is 7.80. The summed E-state index contributed by atoms with van der Waals surface area (Å²) in [6.45, 7) is 1.18. The summed E-state index contributed by atoms with van der Waals surface area (Å²) in [4.78, 5) is 1.71. The summed E-state index contributed by atoms with van der Waals surface area (Å²) >= 11 is 0. The van der Waals surface area contributed by atoms with Gasteiger partial charge in [0.2, 0.25) is 5.96 Å². The zero-order chi connectivity index (χ0) is 9.84. The average molecular weight is 189 g/mol. The molecule has 0 bridgehead atoms. The molecule has 3 N–H and O–H groups in total. The lowest BCUT2D eigenvalue weighted by molar-refractivity contribution is -0.00461. The average Bonchev–Trinajstić information content (AvgIpc) is 2.59. The SMILES string of the molecule is COC1CN(C(N)=NO)CC1OC. The summed E-state index contributed by atoms with van der Waals surface area (Å²) in [5.74, 6) is 0.0987. The number of nitrogens with zero attached hydrogens (tertiary/aromatic N) is 2. The van der Waals surface area contributed by atoms with E-state index in [9.17, 15) is 0 Å². The highest BCUT2D eigenvalue weighted by atomic mass is 16.5. The smallest absolute Gasteiger partial charge is 0.233 e. The van der Waals surface area contributed by atoms with E-state index in [1.807, 2.05) is 0 Å². The van der Waals surface area contributed by atoms with Gasteiger partial charge in [0.1, 0.15) is 12.2 Å². The van der Waals surface area contributed by atoms with Crippen molar-refractivity contribution in [1.29, 1.82) is 0 Å². The molecule has 13 heavy (non-hydrogen) atoms. The molecule has 0 radical (unpaired) electrons. The second kappa shape index (κ2) is 4.29. The first-order valence-corrected chi connectivity index (χ1v) is 4.01. The Hall–Kier alpha value is -1.01. The number of guanidine groups is 1. The van der Waals surface area contributed by atoms with Gasteiger partial charge in [-0.05, 0) is 0 Å². The van der Waals surface area contributed by atoms with Gasteiger partial charge in [-0.15, -0.1) is 0 Å². The number of likely N-dealkylation sites (tertiary alicyclic amines) is 1. The lowest BCUT2D eigenvalue weighted by atomic mass is 10.3. The van der Waals surface area contributed by atoms with Gasteiger partial charge < -0.3 is 25.3 Å². The minimum atomic E-state index is -0.0229. The minimum Gasteiger partial charge on any atom is -0.408 e. The molecular formula is C7H15N3O3. The van der Waals surface area contributed by atoms with Crippen LogP contribution in [-0.2, 0) is 9.47 Å². The van der Waals surface area contributed by atoms with Crippen molar-refractivity contribution >= 4 is 5.96 Å². The fourth-order valence-corrected chi connectivity index (χ4v) is 1.45. The second-order valence-corrected chi connectivity index (χ2v) is 2.91. The minimum absolute atomic E-state index is 0.0229. The third-order valence-corrected chi connectivity index (χ3v) is 2.25. The predicted octanol–water partition coefficient (Wildman–Crippen LogP) is -0.964. The maximum atomic E-state index is 8.45.